The van der Waals surface area contributed by atoms with Crippen LogP contribution in [0.5, 0.6) is 0 Å². The van der Waals surface area contributed by atoms with Crippen molar-refractivity contribution in [3.63, 3.8) is 0 Å². The number of aryl methyl sites for hydroxylation is 1. The lowest BCUT2D eigenvalue weighted by molar-refractivity contribution is -0.123. The van der Waals surface area contributed by atoms with Crippen molar-refractivity contribution >= 4 is 17.1 Å². The predicted molar refractivity (Wildman–Crippen MR) is 88.4 cm³/mol. The zero-order chi connectivity index (χ0) is 17.3. The maximum atomic E-state index is 13.5. The highest BCUT2D eigenvalue weighted by atomic mass is 19.1. The highest BCUT2D eigenvalue weighted by Crippen LogP contribution is 2.22. The smallest absolute Gasteiger partial charge is 0.239 e. The van der Waals surface area contributed by atoms with E-state index in [1.54, 1.807) is 30.3 Å². The molecular weight excluding hydrogens is 309 g/mol. The summed E-state index contributed by atoms with van der Waals surface area (Å²) in [7, 11) is 1.74. The molecule has 2 heterocycles. The molecule has 6 nitrogen and oxygen atoms in total. The number of benzene rings is 1. The van der Waals surface area contributed by atoms with Gasteiger partial charge in [0, 0.05) is 6.20 Å². The topological polar surface area (TPSA) is 87.9 Å². The van der Waals surface area contributed by atoms with Crippen molar-refractivity contribution in [1.29, 1.82) is 0 Å². The van der Waals surface area contributed by atoms with Crippen LogP contribution >= 0.6 is 0 Å². The van der Waals surface area contributed by atoms with E-state index in [-0.39, 0.29) is 0 Å². The lowest BCUT2D eigenvalue weighted by atomic mass is 10.0. The number of likely N-dealkylation sites (N-methyl/N-ethyl adjacent to an activating group) is 1. The van der Waals surface area contributed by atoms with Crippen LogP contribution in [0.1, 0.15) is 23.0 Å². The number of carbonyl (C=O) groups is 1. The molecule has 2 aromatic heterocycles. The number of nitrogens with one attached hydrogen (secondary N) is 1. The van der Waals surface area contributed by atoms with Crippen LogP contribution in [0.15, 0.2) is 36.5 Å². The van der Waals surface area contributed by atoms with Crippen LogP contribution in [0, 0.1) is 12.7 Å². The normalized spacial score (nSPS) is 12.7. The van der Waals surface area contributed by atoms with E-state index in [2.05, 4.69) is 15.0 Å². The second-order valence-electron chi connectivity index (χ2n) is 5.78. The molecule has 0 saturated carbocycles. The summed E-state index contributed by atoms with van der Waals surface area (Å²) in [6.07, 6.45) is 1.70. The zero-order valence-electron chi connectivity index (χ0n) is 13.5. The highest BCUT2D eigenvalue weighted by Gasteiger charge is 2.24. The number of carbonyl (C=O) groups excluding carboxylic acids is 1. The number of aromatic nitrogens is 3. The number of hydrogen-bond acceptors (Lipinski definition) is 4. The number of aromatic amines is 1. The number of H-pyrrole nitrogens is 1. The third kappa shape index (κ3) is 3.11. The molecule has 3 aromatic rings. The quantitative estimate of drug-likeness (QED) is 0.751. The summed E-state index contributed by atoms with van der Waals surface area (Å²) in [5, 5.41) is 0. The SMILES string of the molecule is Cc1ccnc2nc(CN(C)[C@H](C(N)=O)c3cccc(F)c3)[nH]c12. The summed E-state index contributed by atoms with van der Waals surface area (Å²) in [6, 6.07) is 7.03. The van der Waals surface area contributed by atoms with Gasteiger partial charge in [-0.25, -0.2) is 14.4 Å². The van der Waals surface area contributed by atoms with Gasteiger partial charge in [0.25, 0.3) is 0 Å². The molecular formula is C17H18FN5O. The molecule has 0 unspecified atom stereocenters. The molecule has 0 aliphatic rings. The number of halogens is 1. The van der Waals surface area contributed by atoms with Gasteiger partial charge < -0.3 is 10.7 Å². The first-order valence-corrected chi connectivity index (χ1v) is 7.51. The first kappa shape index (κ1) is 16.1. The Kier molecular flexibility index (Phi) is 4.26. The Labute approximate surface area is 138 Å². The second kappa shape index (κ2) is 6.37. The molecule has 124 valence electrons. The minimum absolute atomic E-state index is 0.347. The number of amides is 1. The van der Waals surface area contributed by atoms with Gasteiger partial charge in [-0.3, -0.25) is 9.69 Å². The van der Waals surface area contributed by atoms with E-state index in [9.17, 15) is 9.18 Å². The van der Waals surface area contributed by atoms with Crippen molar-refractivity contribution in [3.05, 3.63) is 59.3 Å². The number of imidazole rings is 1. The van der Waals surface area contributed by atoms with Gasteiger partial charge in [-0.15, -0.1) is 0 Å². The second-order valence-corrected chi connectivity index (χ2v) is 5.78. The molecule has 0 aliphatic heterocycles. The van der Waals surface area contributed by atoms with Gasteiger partial charge in [0.05, 0.1) is 12.1 Å². The van der Waals surface area contributed by atoms with E-state index >= 15 is 0 Å². The minimum atomic E-state index is -0.747. The molecule has 1 amide bonds. The van der Waals surface area contributed by atoms with Crippen LogP contribution in [0.3, 0.4) is 0 Å². The van der Waals surface area contributed by atoms with Crippen molar-refractivity contribution in [1.82, 2.24) is 19.9 Å². The van der Waals surface area contributed by atoms with Crippen LogP contribution in [0.4, 0.5) is 4.39 Å². The van der Waals surface area contributed by atoms with Gasteiger partial charge in [0.2, 0.25) is 5.91 Å². The molecule has 0 saturated heterocycles. The number of fused-ring (bicyclic) bond motifs is 1. The molecule has 7 heteroatoms. The first-order valence-electron chi connectivity index (χ1n) is 7.51. The minimum Gasteiger partial charge on any atom is -0.368 e. The van der Waals surface area contributed by atoms with E-state index in [1.807, 2.05) is 13.0 Å². The van der Waals surface area contributed by atoms with E-state index in [0.29, 0.717) is 23.6 Å². The predicted octanol–water partition coefficient (Wildman–Crippen LogP) is 2.06. The largest absolute Gasteiger partial charge is 0.368 e. The van der Waals surface area contributed by atoms with Gasteiger partial charge in [-0.05, 0) is 43.3 Å². The lowest BCUT2D eigenvalue weighted by Gasteiger charge is -2.25. The van der Waals surface area contributed by atoms with Crippen molar-refractivity contribution in [3.8, 4) is 0 Å². The highest BCUT2D eigenvalue weighted by molar-refractivity contribution is 5.81. The zero-order valence-corrected chi connectivity index (χ0v) is 13.5. The summed E-state index contributed by atoms with van der Waals surface area (Å²) in [6.45, 7) is 2.31. The Morgan fingerprint density at radius 1 is 1.42 bits per heavy atom. The van der Waals surface area contributed by atoms with Crippen LogP contribution in [0.2, 0.25) is 0 Å². The monoisotopic (exact) mass is 327 g/mol. The Morgan fingerprint density at radius 3 is 2.88 bits per heavy atom. The number of nitrogens with zero attached hydrogens (tertiary/aromatic N) is 3. The molecule has 1 atom stereocenters. The van der Waals surface area contributed by atoms with Crippen LogP contribution in [-0.4, -0.2) is 32.8 Å². The average Bonchev–Trinajstić information content (AvgIpc) is 2.91. The third-order valence-electron chi connectivity index (χ3n) is 3.92. The maximum absolute atomic E-state index is 13.5. The van der Waals surface area contributed by atoms with Crippen molar-refractivity contribution < 1.29 is 9.18 Å². The van der Waals surface area contributed by atoms with Crippen LogP contribution < -0.4 is 5.73 Å². The van der Waals surface area contributed by atoms with E-state index in [1.165, 1.54) is 12.1 Å². The van der Waals surface area contributed by atoms with E-state index in [4.69, 9.17) is 5.73 Å². The van der Waals surface area contributed by atoms with Gasteiger partial charge in [0.1, 0.15) is 17.7 Å². The third-order valence-corrected chi connectivity index (χ3v) is 3.92. The molecule has 0 aliphatic carbocycles. The molecule has 0 spiro atoms. The van der Waals surface area contributed by atoms with Gasteiger partial charge in [0.15, 0.2) is 5.65 Å². The molecule has 0 fully saturated rings. The number of pyridine rings is 1. The van der Waals surface area contributed by atoms with Crippen LogP contribution in [-0.2, 0) is 11.3 Å². The summed E-state index contributed by atoms with van der Waals surface area (Å²) >= 11 is 0. The fourth-order valence-electron chi connectivity index (χ4n) is 2.80. The average molecular weight is 327 g/mol. The first-order chi connectivity index (χ1) is 11.5. The van der Waals surface area contributed by atoms with Gasteiger partial charge in [-0.2, -0.15) is 0 Å². The van der Waals surface area contributed by atoms with Crippen molar-refractivity contribution in [2.24, 2.45) is 5.73 Å². The molecule has 3 N–H and O–H groups in total. The van der Waals surface area contributed by atoms with E-state index < -0.39 is 17.8 Å². The molecule has 3 rings (SSSR count). The summed E-state index contributed by atoms with van der Waals surface area (Å²) in [4.78, 5) is 25.5. The van der Waals surface area contributed by atoms with Crippen molar-refractivity contribution in [2.45, 2.75) is 19.5 Å². The summed E-state index contributed by atoms with van der Waals surface area (Å²) < 4.78 is 13.5. The van der Waals surface area contributed by atoms with E-state index in [0.717, 1.165) is 11.1 Å². The Bertz CT molecular complexity index is 892. The number of hydrogen-bond donors (Lipinski definition) is 2. The fourth-order valence-corrected chi connectivity index (χ4v) is 2.80. The number of primary amides is 1. The lowest BCUT2D eigenvalue weighted by Crippen LogP contribution is -2.35. The van der Waals surface area contributed by atoms with Gasteiger partial charge >= 0.3 is 0 Å². The fraction of sp³-hybridized carbons (Fsp3) is 0.235. The Morgan fingerprint density at radius 2 is 2.21 bits per heavy atom. The molecule has 0 bridgehead atoms. The molecule has 24 heavy (non-hydrogen) atoms. The van der Waals surface area contributed by atoms with Gasteiger partial charge in [-0.1, -0.05) is 12.1 Å². The summed E-state index contributed by atoms with van der Waals surface area (Å²) in [5.41, 5.74) is 8.56. The molecule has 1 aromatic carbocycles. The Balaban J connectivity index is 1.89. The number of nitrogens with two attached hydrogens (primary N) is 1. The maximum Gasteiger partial charge on any atom is 0.239 e. The Hall–Kier alpha value is -2.80. The standard InChI is InChI=1S/C17H18FN5O/c1-10-6-7-20-17-14(10)21-13(22-17)9-23(2)15(16(19)24)11-4-3-5-12(18)8-11/h3-8,15H,9H2,1-2H3,(H2,19,24)(H,20,21,22)/t15-/m0/s1. The number of rotatable bonds is 5. The van der Waals surface area contributed by atoms with Crippen LogP contribution in [0.25, 0.3) is 11.2 Å². The van der Waals surface area contributed by atoms with Crippen molar-refractivity contribution in [2.75, 3.05) is 7.05 Å². The molecule has 0 radical (unpaired) electrons. The summed E-state index contributed by atoms with van der Waals surface area (Å²) in [5.74, 6) is -0.291.